The van der Waals surface area contributed by atoms with E-state index in [1.165, 1.54) is 4.90 Å². The van der Waals surface area contributed by atoms with Gasteiger partial charge < -0.3 is 40.2 Å². The Kier molecular flexibility index (Phi) is 14.2. The maximum Gasteiger partial charge on any atom is 0.264 e. The van der Waals surface area contributed by atoms with E-state index in [9.17, 15) is 19.2 Å². The summed E-state index contributed by atoms with van der Waals surface area (Å²) in [4.78, 5) is 56.4. The van der Waals surface area contributed by atoms with Crippen LogP contribution in [-0.4, -0.2) is 121 Å². The van der Waals surface area contributed by atoms with E-state index in [2.05, 4.69) is 50.9 Å². The average molecular weight is 761 g/mol. The molecule has 3 aliphatic rings. The standard InChI is InChI=1S/C39H52N8O8/c1-3-5-27-25-34(47-33(43-27)12-14-41-47)44-28-8-9-29(24-28)45-36(49)13-16-52-18-20-54-22-23-55-21-19-53-17-15-40-31-7-4-6-30-37(31)39(51)46(38(30)50)32-10-11-35(48)42-26(32)2/h4,6-7,12,14,25,28-29,32,40,44H,2-3,5,8-11,13,15-24H2,1H3,(H,42,48)(H,45,49)/t28-,29-,32?/m1/s1. The number of aryl methyl sites for hydroxylation is 1. The second-order valence-electron chi connectivity index (χ2n) is 13.9. The molecule has 1 saturated carbocycles. The Morgan fingerprint density at radius 2 is 1.65 bits per heavy atom. The van der Waals surface area contributed by atoms with Gasteiger partial charge in [-0.2, -0.15) is 9.61 Å². The van der Waals surface area contributed by atoms with Gasteiger partial charge in [-0.1, -0.05) is 26.0 Å². The Morgan fingerprint density at radius 3 is 2.40 bits per heavy atom. The summed E-state index contributed by atoms with van der Waals surface area (Å²) in [5, 5.41) is 17.0. The van der Waals surface area contributed by atoms with Crippen LogP contribution in [0.25, 0.3) is 5.65 Å². The minimum atomic E-state index is -0.571. The largest absolute Gasteiger partial charge is 0.382 e. The van der Waals surface area contributed by atoms with Crippen LogP contribution in [0.15, 0.2) is 48.8 Å². The first kappa shape index (κ1) is 39.8. The van der Waals surface area contributed by atoms with Crippen molar-refractivity contribution < 1.29 is 38.1 Å². The molecule has 6 rings (SSSR count). The fourth-order valence-corrected chi connectivity index (χ4v) is 7.17. The van der Waals surface area contributed by atoms with Crippen LogP contribution in [0.1, 0.15) is 78.3 Å². The number of anilines is 2. The van der Waals surface area contributed by atoms with Crippen LogP contribution in [0.3, 0.4) is 0 Å². The van der Waals surface area contributed by atoms with Gasteiger partial charge in [0.05, 0.1) is 76.2 Å². The number of imide groups is 1. The molecule has 2 aliphatic heterocycles. The minimum absolute atomic E-state index is 0.0109. The van der Waals surface area contributed by atoms with Crippen molar-refractivity contribution in [2.24, 2.45) is 0 Å². The van der Waals surface area contributed by atoms with Gasteiger partial charge in [0.15, 0.2) is 5.65 Å². The van der Waals surface area contributed by atoms with Crippen molar-refractivity contribution in [3.63, 3.8) is 0 Å². The number of fused-ring (bicyclic) bond motifs is 2. The van der Waals surface area contributed by atoms with E-state index in [-0.39, 0.29) is 30.3 Å². The highest BCUT2D eigenvalue weighted by molar-refractivity contribution is 6.24. The molecule has 0 radical (unpaired) electrons. The molecular formula is C39H52N8O8. The van der Waals surface area contributed by atoms with Gasteiger partial charge >= 0.3 is 0 Å². The van der Waals surface area contributed by atoms with E-state index < -0.39 is 17.9 Å². The van der Waals surface area contributed by atoms with E-state index in [1.54, 1.807) is 24.4 Å². The van der Waals surface area contributed by atoms with Gasteiger partial charge in [0.25, 0.3) is 11.8 Å². The first-order valence-electron chi connectivity index (χ1n) is 19.3. The van der Waals surface area contributed by atoms with E-state index in [4.69, 9.17) is 18.9 Å². The third kappa shape index (κ3) is 10.4. The Labute approximate surface area is 320 Å². The fourth-order valence-electron chi connectivity index (χ4n) is 7.17. The number of rotatable bonds is 22. The van der Waals surface area contributed by atoms with E-state index in [0.717, 1.165) is 49.3 Å². The number of piperidine rings is 1. The van der Waals surface area contributed by atoms with Gasteiger partial charge in [0, 0.05) is 60.7 Å². The van der Waals surface area contributed by atoms with Gasteiger partial charge in [-0.25, -0.2) is 4.98 Å². The smallest absolute Gasteiger partial charge is 0.264 e. The van der Waals surface area contributed by atoms with Crippen LogP contribution >= 0.6 is 0 Å². The molecule has 1 aliphatic carbocycles. The highest BCUT2D eigenvalue weighted by Gasteiger charge is 2.43. The molecule has 0 spiro atoms. The van der Waals surface area contributed by atoms with Gasteiger partial charge in [0.1, 0.15) is 5.82 Å². The van der Waals surface area contributed by atoms with Gasteiger partial charge in [-0.05, 0) is 44.2 Å². The predicted molar refractivity (Wildman–Crippen MR) is 204 cm³/mol. The topological polar surface area (TPSA) is 187 Å². The number of nitrogens with one attached hydrogen (secondary N) is 4. The first-order chi connectivity index (χ1) is 26.8. The summed E-state index contributed by atoms with van der Waals surface area (Å²) in [5.74, 6) is -0.0331. The molecule has 2 aromatic heterocycles. The van der Waals surface area contributed by atoms with Crippen LogP contribution in [0, 0.1) is 0 Å². The molecule has 4 N–H and O–H groups in total. The fraction of sp³-hybridized carbons (Fsp3) is 0.538. The lowest BCUT2D eigenvalue weighted by atomic mass is 10.0. The monoisotopic (exact) mass is 760 g/mol. The van der Waals surface area contributed by atoms with Gasteiger partial charge in [0.2, 0.25) is 11.8 Å². The number of amides is 4. The Balaban J connectivity index is 0.752. The van der Waals surface area contributed by atoms with Crippen molar-refractivity contribution in [2.45, 2.75) is 76.4 Å². The third-order valence-corrected chi connectivity index (χ3v) is 9.82. The molecule has 1 unspecified atom stereocenters. The van der Waals surface area contributed by atoms with E-state index in [0.29, 0.717) is 94.8 Å². The summed E-state index contributed by atoms with van der Waals surface area (Å²) < 4.78 is 24.2. The summed E-state index contributed by atoms with van der Waals surface area (Å²) in [5.41, 5.74) is 3.44. The number of carbonyl (C=O) groups excluding carboxylic acids is 4. The zero-order chi connectivity index (χ0) is 38.6. The first-order valence-corrected chi connectivity index (χ1v) is 19.3. The van der Waals surface area contributed by atoms with Crippen LogP contribution < -0.4 is 21.3 Å². The van der Waals surface area contributed by atoms with Crippen molar-refractivity contribution in [3.8, 4) is 0 Å². The zero-order valence-corrected chi connectivity index (χ0v) is 31.5. The molecule has 4 heterocycles. The van der Waals surface area contributed by atoms with Crippen molar-refractivity contribution >= 4 is 40.8 Å². The molecule has 16 nitrogen and oxygen atoms in total. The van der Waals surface area contributed by atoms with Crippen molar-refractivity contribution in [2.75, 3.05) is 70.0 Å². The molecule has 4 amide bonds. The number of benzene rings is 1. The second-order valence-corrected chi connectivity index (χ2v) is 13.9. The second kappa shape index (κ2) is 19.6. The third-order valence-electron chi connectivity index (χ3n) is 9.82. The summed E-state index contributed by atoms with van der Waals surface area (Å²) in [6.45, 7) is 9.53. The molecule has 3 atom stereocenters. The van der Waals surface area contributed by atoms with Gasteiger partial charge in [-0.3, -0.25) is 24.1 Å². The normalized spacial score (nSPS) is 19.6. The van der Waals surface area contributed by atoms with Gasteiger partial charge in [-0.15, -0.1) is 0 Å². The average Bonchev–Trinajstić information content (AvgIpc) is 3.89. The highest BCUT2D eigenvalue weighted by Crippen LogP contribution is 2.33. The Bertz CT molecular complexity index is 1830. The van der Waals surface area contributed by atoms with Crippen LogP contribution in [0.4, 0.5) is 11.5 Å². The molecule has 2 fully saturated rings. The summed E-state index contributed by atoms with van der Waals surface area (Å²) in [6, 6.07) is 8.92. The number of nitrogens with zero attached hydrogens (tertiary/aromatic N) is 4. The molecule has 55 heavy (non-hydrogen) atoms. The molecule has 0 bridgehead atoms. The number of hydrogen-bond acceptors (Lipinski definition) is 12. The molecule has 296 valence electrons. The lowest BCUT2D eigenvalue weighted by Crippen LogP contribution is -2.48. The van der Waals surface area contributed by atoms with Crippen LogP contribution in [-0.2, 0) is 35.0 Å². The number of hydrogen-bond donors (Lipinski definition) is 4. The Morgan fingerprint density at radius 1 is 0.927 bits per heavy atom. The number of carbonyl (C=O) groups is 4. The lowest BCUT2D eigenvalue weighted by Gasteiger charge is -2.31. The van der Waals surface area contributed by atoms with E-state index >= 15 is 0 Å². The quantitative estimate of drug-likeness (QED) is 0.0868. The lowest BCUT2D eigenvalue weighted by molar-refractivity contribution is -0.123. The summed E-state index contributed by atoms with van der Waals surface area (Å²) in [6.07, 6.45) is 7.32. The molecule has 1 aromatic carbocycles. The number of aromatic nitrogens is 3. The number of ether oxygens (including phenoxy) is 4. The van der Waals surface area contributed by atoms with Crippen molar-refractivity contribution in [3.05, 3.63) is 65.6 Å². The minimum Gasteiger partial charge on any atom is -0.382 e. The molecular weight excluding hydrogens is 708 g/mol. The highest BCUT2D eigenvalue weighted by atomic mass is 16.6. The molecule has 1 saturated heterocycles. The molecule has 16 heteroatoms. The maximum atomic E-state index is 13.3. The Hall–Kier alpha value is -4.90. The van der Waals surface area contributed by atoms with E-state index in [1.807, 2.05) is 10.6 Å². The SMILES string of the molecule is C=C1NC(=O)CCC1N1C(=O)c2cccc(NCCOCCOCCOCCOCCC(=O)N[C@@H]3CC[C@@H](Nc4cc(CCC)nc5ccnn45)C3)c2C1=O. The summed E-state index contributed by atoms with van der Waals surface area (Å²) in [7, 11) is 0. The predicted octanol–water partition coefficient (Wildman–Crippen LogP) is 3.09. The van der Waals surface area contributed by atoms with Crippen molar-refractivity contribution in [1.82, 2.24) is 30.1 Å². The van der Waals surface area contributed by atoms with Crippen molar-refractivity contribution in [1.29, 1.82) is 0 Å². The maximum absolute atomic E-state index is 13.3. The zero-order valence-electron chi connectivity index (χ0n) is 31.5. The molecule has 3 aromatic rings. The van der Waals surface area contributed by atoms with Crippen LogP contribution in [0.5, 0.6) is 0 Å². The van der Waals surface area contributed by atoms with Crippen LogP contribution in [0.2, 0.25) is 0 Å². The summed E-state index contributed by atoms with van der Waals surface area (Å²) >= 11 is 0.